The summed E-state index contributed by atoms with van der Waals surface area (Å²) in [7, 11) is 0. The number of rotatable bonds is 6. The van der Waals surface area contributed by atoms with Gasteiger partial charge in [-0.25, -0.2) is 4.39 Å². The molecule has 0 aromatic heterocycles. The first kappa shape index (κ1) is 23.2. The summed E-state index contributed by atoms with van der Waals surface area (Å²) < 4.78 is 91.2. The Morgan fingerprint density at radius 2 is 1.47 bits per heavy atom. The molecule has 0 bridgehead atoms. The molecule has 11 heteroatoms. The summed E-state index contributed by atoms with van der Waals surface area (Å²) >= 11 is 0. The molecule has 0 fully saturated rings. The number of nitrogens with one attached hydrogen (secondary N) is 1. The van der Waals surface area contributed by atoms with Crippen molar-refractivity contribution in [3.8, 4) is 0 Å². The molecular formula is C19H15F7N2O2. The molecule has 0 saturated carbocycles. The maximum Gasteiger partial charge on any atom is 0.416 e. The second-order valence-corrected chi connectivity index (χ2v) is 6.41. The van der Waals surface area contributed by atoms with Gasteiger partial charge in [0.05, 0.1) is 17.5 Å². The largest absolute Gasteiger partial charge is 0.416 e. The van der Waals surface area contributed by atoms with E-state index >= 15 is 0 Å². The predicted octanol–water partition coefficient (Wildman–Crippen LogP) is 3.62. The topological polar surface area (TPSA) is 72.2 Å². The molecule has 3 N–H and O–H groups in total. The number of carbonyl (C=O) groups excluding carboxylic acids is 2. The van der Waals surface area contributed by atoms with Crippen LogP contribution in [0.15, 0.2) is 42.5 Å². The van der Waals surface area contributed by atoms with Gasteiger partial charge in [-0.2, -0.15) is 26.3 Å². The van der Waals surface area contributed by atoms with Crippen molar-refractivity contribution in [1.82, 2.24) is 5.32 Å². The molecule has 0 spiro atoms. The third-order valence-corrected chi connectivity index (χ3v) is 4.07. The lowest BCUT2D eigenvalue weighted by atomic mass is 10.0. The highest BCUT2D eigenvalue weighted by Gasteiger charge is 2.37. The highest BCUT2D eigenvalue weighted by Crippen LogP contribution is 2.36. The maximum absolute atomic E-state index is 13.7. The van der Waals surface area contributed by atoms with E-state index < -0.39 is 59.1 Å². The van der Waals surface area contributed by atoms with Crippen LogP contribution in [0.25, 0.3) is 0 Å². The highest BCUT2D eigenvalue weighted by molar-refractivity contribution is 5.87. The van der Waals surface area contributed by atoms with Crippen LogP contribution < -0.4 is 11.1 Å². The van der Waals surface area contributed by atoms with Gasteiger partial charge in [0.15, 0.2) is 0 Å². The molecule has 2 amide bonds. The van der Waals surface area contributed by atoms with Crippen LogP contribution in [-0.2, 0) is 34.8 Å². The lowest BCUT2D eigenvalue weighted by Crippen LogP contribution is -2.46. The quantitative estimate of drug-likeness (QED) is 0.680. The van der Waals surface area contributed by atoms with Crippen molar-refractivity contribution in [2.24, 2.45) is 5.73 Å². The summed E-state index contributed by atoms with van der Waals surface area (Å²) in [5, 5.41) is 2.11. The molecule has 30 heavy (non-hydrogen) atoms. The summed E-state index contributed by atoms with van der Waals surface area (Å²) in [6, 6.07) is 4.64. The van der Waals surface area contributed by atoms with Gasteiger partial charge in [0.1, 0.15) is 11.9 Å². The Balaban J connectivity index is 2.23. The lowest BCUT2D eigenvalue weighted by molar-refractivity contribution is -0.143. The van der Waals surface area contributed by atoms with Crippen molar-refractivity contribution in [2.45, 2.75) is 31.2 Å². The molecule has 0 unspecified atom stereocenters. The van der Waals surface area contributed by atoms with Crippen molar-refractivity contribution >= 4 is 11.8 Å². The zero-order valence-electron chi connectivity index (χ0n) is 15.1. The zero-order chi connectivity index (χ0) is 22.7. The highest BCUT2D eigenvalue weighted by atomic mass is 19.4. The van der Waals surface area contributed by atoms with Gasteiger partial charge in [-0.3, -0.25) is 9.59 Å². The van der Waals surface area contributed by atoms with Crippen molar-refractivity contribution in [2.75, 3.05) is 0 Å². The van der Waals surface area contributed by atoms with Crippen LogP contribution in [0.4, 0.5) is 30.7 Å². The van der Waals surface area contributed by atoms with Crippen LogP contribution in [0, 0.1) is 5.82 Å². The number of hydrogen-bond donors (Lipinski definition) is 2. The van der Waals surface area contributed by atoms with Crippen molar-refractivity contribution < 1.29 is 40.3 Å². The first-order valence-corrected chi connectivity index (χ1v) is 8.38. The van der Waals surface area contributed by atoms with Crippen molar-refractivity contribution in [3.05, 3.63) is 70.5 Å². The zero-order valence-corrected chi connectivity index (χ0v) is 15.1. The summed E-state index contributed by atoms with van der Waals surface area (Å²) in [6.45, 7) is 0. The van der Waals surface area contributed by atoms with E-state index in [1.165, 1.54) is 18.2 Å². The van der Waals surface area contributed by atoms with Crippen LogP contribution in [0.5, 0.6) is 0 Å². The van der Waals surface area contributed by atoms with Gasteiger partial charge in [-0.05, 0) is 35.4 Å². The molecule has 0 saturated heterocycles. The molecule has 4 nitrogen and oxygen atoms in total. The third-order valence-electron chi connectivity index (χ3n) is 4.07. The van der Waals surface area contributed by atoms with E-state index in [0.29, 0.717) is 12.1 Å². The number of nitrogens with two attached hydrogens (primary N) is 1. The number of primary amides is 1. The van der Waals surface area contributed by atoms with Gasteiger partial charge in [0.2, 0.25) is 11.8 Å². The SMILES string of the molecule is NC(=O)[C@H](Cc1ccccc1F)NC(=O)Cc1cc(C(F)(F)F)cc(C(F)(F)F)c1. The fraction of sp³-hybridized carbons (Fsp3) is 0.263. The van der Waals surface area contributed by atoms with E-state index in [1.807, 2.05) is 0 Å². The van der Waals surface area contributed by atoms with Crippen LogP contribution in [0.3, 0.4) is 0 Å². The maximum atomic E-state index is 13.7. The lowest BCUT2D eigenvalue weighted by Gasteiger charge is -2.17. The first-order valence-electron chi connectivity index (χ1n) is 8.38. The standard InChI is InChI=1S/C19H15F7N2O2/c20-14-4-2-1-3-11(14)8-15(17(27)30)28-16(29)7-10-5-12(18(21,22)23)9-13(6-10)19(24,25)26/h1-6,9,15H,7-8H2,(H2,27,30)(H,28,29)/t15-/m0/s1. The van der Waals surface area contributed by atoms with Crippen molar-refractivity contribution in [3.63, 3.8) is 0 Å². The van der Waals surface area contributed by atoms with Gasteiger partial charge in [-0.1, -0.05) is 18.2 Å². The second-order valence-electron chi connectivity index (χ2n) is 6.41. The number of amides is 2. The summed E-state index contributed by atoms with van der Waals surface area (Å²) in [6.07, 6.45) is -11.3. The van der Waals surface area contributed by atoms with Crippen LogP contribution in [-0.4, -0.2) is 17.9 Å². The van der Waals surface area contributed by atoms with E-state index in [-0.39, 0.29) is 18.1 Å². The monoisotopic (exact) mass is 436 g/mol. The Hall–Kier alpha value is -3.11. The molecule has 0 heterocycles. The average Bonchev–Trinajstić information content (AvgIpc) is 2.61. The minimum Gasteiger partial charge on any atom is -0.368 e. The fourth-order valence-corrected chi connectivity index (χ4v) is 2.66. The second kappa shape index (κ2) is 8.72. The molecule has 0 aliphatic heterocycles. The van der Waals surface area contributed by atoms with Crippen molar-refractivity contribution in [1.29, 1.82) is 0 Å². The smallest absolute Gasteiger partial charge is 0.368 e. The number of hydrogen-bond acceptors (Lipinski definition) is 2. The first-order chi connectivity index (χ1) is 13.8. The minimum atomic E-state index is -5.06. The van der Waals surface area contributed by atoms with Gasteiger partial charge in [0.25, 0.3) is 0 Å². The Morgan fingerprint density at radius 3 is 1.93 bits per heavy atom. The summed E-state index contributed by atoms with van der Waals surface area (Å²) in [4.78, 5) is 23.7. The van der Waals surface area contributed by atoms with Gasteiger partial charge in [-0.15, -0.1) is 0 Å². The fourth-order valence-electron chi connectivity index (χ4n) is 2.66. The number of benzene rings is 2. The van der Waals surface area contributed by atoms with Gasteiger partial charge >= 0.3 is 12.4 Å². The van der Waals surface area contributed by atoms with Crippen LogP contribution in [0.1, 0.15) is 22.3 Å². The third kappa shape index (κ3) is 6.19. The molecule has 2 aromatic carbocycles. The van der Waals surface area contributed by atoms with E-state index in [1.54, 1.807) is 0 Å². The molecule has 2 rings (SSSR count). The number of alkyl halides is 6. The predicted molar refractivity (Wildman–Crippen MR) is 91.4 cm³/mol. The Kier molecular flexibility index (Phi) is 6.73. The van der Waals surface area contributed by atoms with E-state index in [2.05, 4.69) is 5.32 Å². The molecule has 0 aliphatic rings. The van der Waals surface area contributed by atoms with E-state index in [0.717, 1.165) is 6.07 Å². The van der Waals surface area contributed by atoms with E-state index in [4.69, 9.17) is 5.73 Å². The van der Waals surface area contributed by atoms with E-state index in [9.17, 15) is 40.3 Å². The Bertz CT molecular complexity index is 907. The molecule has 0 radical (unpaired) electrons. The summed E-state index contributed by atoms with van der Waals surface area (Å²) in [5.41, 5.74) is 1.50. The summed E-state index contributed by atoms with van der Waals surface area (Å²) in [5.74, 6) is -2.78. The number of halogens is 7. The van der Waals surface area contributed by atoms with Crippen LogP contribution >= 0.6 is 0 Å². The molecule has 0 aliphatic carbocycles. The normalized spacial score (nSPS) is 13.0. The van der Waals surface area contributed by atoms with Gasteiger partial charge in [0, 0.05) is 6.42 Å². The number of carbonyl (C=O) groups is 2. The van der Waals surface area contributed by atoms with Gasteiger partial charge < -0.3 is 11.1 Å². The Morgan fingerprint density at radius 1 is 0.933 bits per heavy atom. The molecular weight excluding hydrogens is 421 g/mol. The minimum absolute atomic E-state index is 0.0417. The van der Waals surface area contributed by atoms with Crippen LogP contribution in [0.2, 0.25) is 0 Å². The Labute approximate surface area is 165 Å². The average molecular weight is 436 g/mol. The molecule has 1 atom stereocenters. The molecule has 162 valence electrons. The molecule has 2 aromatic rings.